The molecule has 0 amide bonds. The molecule has 0 saturated carbocycles. The highest BCUT2D eigenvalue weighted by atomic mass is 16.5. The summed E-state index contributed by atoms with van der Waals surface area (Å²) in [5.41, 5.74) is 1.47. The zero-order valence-electron chi connectivity index (χ0n) is 14.0. The van der Waals surface area contributed by atoms with Gasteiger partial charge in [-0.3, -0.25) is 0 Å². The number of ether oxygens (including phenoxy) is 1. The molecule has 2 heterocycles. The van der Waals surface area contributed by atoms with E-state index in [0.717, 1.165) is 21.5 Å². The van der Waals surface area contributed by atoms with Gasteiger partial charge in [-0.05, 0) is 29.0 Å². The molecule has 2 aromatic heterocycles. The summed E-state index contributed by atoms with van der Waals surface area (Å²) < 4.78 is 17.2. The molecule has 5 aromatic rings. The van der Waals surface area contributed by atoms with Crippen molar-refractivity contribution in [2.75, 3.05) is 7.11 Å². The Hall–Kier alpha value is -3.53. The van der Waals surface area contributed by atoms with E-state index in [1.807, 2.05) is 60.7 Å². The highest BCUT2D eigenvalue weighted by Gasteiger charge is 2.21. The van der Waals surface area contributed by atoms with Crippen LogP contribution < -0.4 is 10.4 Å². The molecule has 0 atom stereocenters. The zero-order valence-corrected chi connectivity index (χ0v) is 14.0. The summed E-state index contributed by atoms with van der Waals surface area (Å²) in [6.07, 6.45) is 0. The maximum absolute atomic E-state index is 12.2. The van der Waals surface area contributed by atoms with Crippen LogP contribution in [0.2, 0.25) is 0 Å². The van der Waals surface area contributed by atoms with Crippen molar-refractivity contribution in [3.63, 3.8) is 0 Å². The molecule has 0 aliphatic carbocycles. The molecule has 0 bridgehead atoms. The van der Waals surface area contributed by atoms with Gasteiger partial charge < -0.3 is 13.6 Å². The van der Waals surface area contributed by atoms with E-state index in [4.69, 9.17) is 13.6 Å². The molecule has 0 aliphatic heterocycles. The smallest absolute Gasteiger partial charge is 0.336 e. The van der Waals surface area contributed by atoms with Crippen molar-refractivity contribution in [2.24, 2.45) is 0 Å². The van der Waals surface area contributed by atoms with Crippen molar-refractivity contribution in [1.82, 2.24) is 0 Å². The van der Waals surface area contributed by atoms with Gasteiger partial charge in [0.1, 0.15) is 11.2 Å². The van der Waals surface area contributed by atoms with E-state index in [-0.39, 0.29) is 0 Å². The summed E-state index contributed by atoms with van der Waals surface area (Å²) >= 11 is 0. The minimum atomic E-state index is -0.426. The summed E-state index contributed by atoms with van der Waals surface area (Å²) in [5.74, 6) is 1.14. The van der Waals surface area contributed by atoms with E-state index in [1.165, 1.54) is 6.07 Å². The molecule has 0 aliphatic rings. The number of hydrogen-bond acceptors (Lipinski definition) is 4. The Morgan fingerprint density at radius 3 is 2.42 bits per heavy atom. The second kappa shape index (κ2) is 5.49. The lowest BCUT2D eigenvalue weighted by Crippen LogP contribution is -1.99. The standard InChI is InChI=1S/C22H14O4/c1-24-21-15-8-4-5-9-17(15)26-22(21)16-12-19(23)25-18-11-10-13-6-2-3-7-14(13)20(16)18/h2-12H,1H3. The van der Waals surface area contributed by atoms with Crippen molar-refractivity contribution in [2.45, 2.75) is 0 Å². The van der Waals surface area contributed by atoms with E-state index in [9.17, 15) is 4.79 Å². The molecule has 0 N–H and O–H groups in total. The van der Waals surface area contributed by atoms with Gasteiger partial charge in [-0.15, -0.1) is 0 Å². The van der Waals surface area contributed by atoms with Crippen LogP contribution in [-0.4, -0.2) is 7.11 Å². The molecule has 26 heavy (non-hydrogen) atoms. The van der Waals surface area contributed by atoms with Gasteiger partial charge in [0.15, 0.2) is 11.5 Å². The molecule has 0 unspecified atom stereocenters. The number of benzene rings is 3. The number of para-hydroxylation sites is 1. The molecule has 0 fully saturated rings. The van der Waals surface area contributed by atoms with Crippen LogP contribution in [0, 0.1) is 0 Å². The van der Waals surface area contributed by atoms with Gasteiger partial charge in [-0.1, -0.05) is 42.5 Å². The van der Waals surface area contributed by atoms with Crippen molar-refractivity contribution in [1.29, 1.82) is 0 Å². The fraction of sp³-hybridized carbons (Fsp3) is 0.0455. The van der Waals surface area contributed by atoms with Crippen LogP contribution in [-0.2, 0) is 0 Å². The van der Waals surface area contributed by atoms with Crippen molar-refractivity contribution in [3.8, 4) is 17.1 Å². The van der Waals surface area contributed by atoms with E-state index in [0.29, 0.717) is 28.2 Å². The first-order valence-electron chi connectivity index (χ1n) is 8.28. The first-order chi connectivity index (χ1) is 12.8. The van der Waals surface area contributed by atoms with Crippen LogP contribution >= 0.6 is 0 Å². The maximum Gasteiger partial charge on any atom is 0.336 e. The van der Waals surface area contributed by atoms with Crippen LogP contribution in [0.5, 0.6) is 5.75 Å². The number of hydrogen-bond donors (Lipinski definition) is 0. The van der Waals surface area contributed by atoms with Crippen LogP contribution in [0.15, 0.2) is 80.4 Å². The van der Waals surface area contributed by atoms with Gasteiger partial charge in [0.05, 0.1) is 12.5 Å². The molecule has 126 valence electrons. The predicted octanol–water partition coefficient (Wildman–Crippen LogP) is 5.37. The lowest BCUT2D eigenvalue weighted by Gasteiger charge is -2.08. The topological polar surface area (TPSA) is 52.6 Å². The van der Waals surface area contributed by atoms with Gasteiger partial charge in [-0.25, -0.2) is 4.79 Å². The predicted molar refractivity (Wildman–Crippen MR) is 102 cm³/mol. The second-order valence-electron chi connectivity index (χ2n) is 6.10. The summed E-state index contributed by atoms with van der Waals surface area (Å²) in [4.78, 5) is 12.2. The zero-order chi connectivity index (χ0) is 17.7. The third-order valence-electron chi connectivity index (χ3n) is 4.63. The summed E-state index contributed by atoms with van der Waals surface area (Å²) in [7, 11) is 1.60. The second-order valence-corrected chi connectivity index (χ2v) is 6.10. The number of methoxy groups -OCH3 is 1. The third kappa shape index (κ3) is 2.05. The Kier molecular flexibility index (Phi) is 3.12. The van der Waals surface area contributed by atoms with Gasteiger partial charge in [0.25, 0.3) is 0 Å². The quantitative estimate of drug-likeness (QED) is 0.320. The SMILES string of the molecule is COc1c(-c2cc(=O)oc3ccc4ccccc4c23)oc2ccccc12. The van der Waals surface area contributed by atoms with Crippen LogP contribution in [0.25, 0.3) is 44.0 Å². The minimum Gasteiger partial charge on any atom is -0.492 e. The molecule has 0 radical (unpaired) electrons. The maximum atomic E-state index is 12.2. The molecule has 4 nitrogen and oxygen atoms in total. The van der Waals surface area contributed by atoms with E-state index < -0.39 is 5.63 Å². The Balaban J connectivity index is 1.99. The largest absolute Gasteiger partial charge is 0.492 e. The van der Waals surface area contributed by atoms with Gasteiger partial charge in [0, 0.05) is 17.0 Å². The Morgan fingerprint density at radius 1 is 0.808 bits per heavy atom. The summed E-state index contributed by atoms with van der Waals surface area (Å²) in [5, 5.41) is 3.75. The third-order valence-corrected chi connectivity index (χ3v) is 4.63. The van der Waals surface area contributed by atoms with E-state index in [2.05, 4.69) is 0 Å². The summed E-state index contributed by atoms with van der Waals surface area (Å²) in [6.45, 7) is 0. The molecule has 4 heteroatoms. The minimum absolute atomic E-state index is 0.426. The normalized spacial score (nSPS) is 11.4. The van der Waals surface area contributed by atoms with E-state index in [1.54, 1.807) is 7.11 Å². The van der Waals surface area contributed by atoms with Gasteiger partial charge >= 0.3 is 5.63 Å². The highest BCUT2D eigenvalue weighted by molar-refractivity contribution is 6.13. The first kappa shape index (κ1) is 14.8. The summed E-state index contributed by atoms with van der Waals surface area (Å²) in [6, 6.07) is 20.9. The molecular weight excluding hydrogens is 328 g/mol. The van der Waals surface area contributed by atoms with Gasteiger partial charge in [0.2, 0.25) is 0 Å². The monoisotopic (exact) mass is 342 g/mol. The average molecular weight is 342 g/mol. The Labute approximate surface area is 148 Å². The van der Waals surface area contributed by atoms with Gasteiger partial charge in [-0.2, -0.15) is 0 Å². The molecule has 0 saturated heterocycles. The van der Waals surface area contributed by atoms with Crippen LogP contribution in [0.4, 0.5) is 0 Å². The van der Waals surface area contributed by atoms with E-state index >= 15 is 0 Å². The fourth-order valence-electron chi connectivity index (χ4n) is 3.52. The molecule has 0 spiro atoms. The van der Waals surface area contributed by atoms with Crippen LogP contribution in [0.1, 0.15) is 0 Å². The Bertz CT molecular complexity index is 1340. The van der Waals surface area contributed by atoms with Crippen molar-refractivity contribution >= 4 is 32.7 Å². The first-order valence-corrected chi connectivity index (χ1v) is 8.28. The van der Waals surface area contributed by atoms with Crippen molar-refractivity contribution < 1.29 is 13.6 Å². The molecule has 3 aromatic carbocycles. The van der Waals surface area contributed by atoms with Crippen molar-refractivity contribution in [3.05, 3.63) is 77.2 Å². The lowest BCUT2D eigenvalue weighted by molar-refractivity contribution is 0.414. The number of fused-ring (bicyclic) bond motifs is 4. The Morgan fingerprint density at radius 2 is 1.58 bits per heavy atom. The highest BCUT2D eigenvalue weighted by Crippen LogP contribution is 2.43. The molecule has 5 rings (SSSR count). The lowest BCUT2D eigenvalue weighted by atomic mass is 10.00. The number of furan rings is 1. The fourth-order valence-corrected chi connectivity index (χ4v) is 3.52. The average Bonchev–Trinajstić information content (AvgIpc) is 3.05. The van der Waals surface area contributed by atoms with Crippen LogP contribution in [0.3, 0.4) is 0 Å². The number of rotatable bonds is 2. The molecular formula is C22H14O4.